The van der Waals surface area contributed by atoms with Gasteiger partial charge in [-0.25, -0.2) is 8.42 Å². The number of hydrogen-bond acceptors (Lipinski definition) is 4. The number of carbonyl (C=O) groups excluding carboxylic acids is 2. The predicted octanol–water partition coefficient (Wildman–Crippen LogP) is 3.12. The van der Waals surface area contributed by atoms with Gasteiger partial charge in [0.15, 0.2) is 9.84 Å². The van der Waals surface area contributed by atoms with E-state index in [1.165, 1.54) is 13.0 Å². The molecule has 0 spiro atoms. The van der Waals surface area contributed by atoms with Gasteiger partial charge in [-0.2, -0.15) is 0 Å². The summed E-state index contributed by atoms with van der Waals surface area (Å²) in [7, 11) is -3.60. The Balaban J connectivity index is 1.73. The Labute approximate surface area is 172 Å². The quantitative estimate of drug-likeness (QED) is 0.728. The van der Waals surface area contributed by atoms with E-state index in [4.69, 9.17) is 0 Å². The summed E-state index contributed by atoms with van der Waals surface area (Å²) in [5.74, 6) is -0.519. The molecule has 0 N–H and O–H groups in total. The molecule has 2 amide bonds. The minimum atomic E-state index is -3.60. The van der Waals surface area contributed by atoms with Crippen LogP contribution in [0.4, 0.5) is 11.4 Å². The van der Waals surface area contributed by atoms with E-state index in [9.17, 15) is 18.0 Å². The molecule has 3 rings (SSSR count). The van der Waals surface area contributed by atoms with Crippen LogP contribution in [0.1, 0.15) is 31.4 Å². The highest BCUT2D eigenvalue weighted by molar-refractivity contribution is 7.91. The number of rotatable bonds is 6. The monoisotopic (exact) mass is 414 g/mol. The van der Waals surface area contributed by atoms with Crippen LogP contribution in [0.5, 0.6) is 0 Å². The van der Waals surface area contributed by atoms with E-state index in [-0.39, 0.29) is 28.9 Å². The molecule has 2 aromatic rings. The van der Waals surface area contributed by atoms with Gasteiger partial charge in [-0.1, -0.05) is 12.1 Å². The van der Waals surface area contributed by atoms with Gasteiger partial charge in [-0.05, 0) is 61.7 Å². The maximum atomic E-state index is 12.8. The molecule has 0 fully saturated rings. The number of aryl methyl sites for hydroxylation is 1. The first-order chi connectivity index (χ1) is 13.7. The second kappa shape index (κ2) is 8.37. The first-order valence-corrected chi connectivity index (χ1v) is 11.4. The van der Waals surface area contributed by atoms with Crippen molar-refractivity contribution in [2.45, 2.75) is 38.5 Å². The van der Waals surface area contributed by atoms with Gasteiger partial charge < -0.3 is 9.80 Å². The van der Waals surface area contributed by atoms with Gasteiger partial charge in [0.25, 0.3) is 0 Å². The first kappa shape index (κ1) is 21.0. The van der Waals surface area contributed by atoms with Crippen LogP contribution in [-0.4, -0.2) is 39.1 Å². The molecule has 0 aromatic heterocycles. The van der Waals surface area contributed by atoms with Crippen LogP contribution in [0, 0.1) is 6.92 Å². The van der Waals surface area contributed by atoms with E-state index < -0.39 is 9.84 Å². The Morgan fingerprint density at radius 3 is 2.55 bits per heavy atom. The van der Waals surface area contributed by atoms with Crippen LogP contribution >= 0.6 is 0 Å². The number of nitrogens with zero attached hydrogens (tertiary/aromatic N) is 2. The Bertz CT molecular complexity index is 1050. The highest BCUT2D eigenvalue weighted by Gasteiger charge is 2.25. The SMILES string of the molecule is CCN(C(=O)CCS(=O)(=O)c1ccc2c(c1)CCN2C(C)=O)c1cccc(C)c1. The molecule has 0 saturated heterocycles. The van der Waals surface area contributed by atoms with Crippen LogP contribution < -0.4 is 9.80 Å². The second-order valence-corrected chi connectivity index (χ2v) is 9.37. The van der Waals surface area contributed by atoms with Gasteiger partial charge in [-0.15, -0.1) is 0 Å². The minimum absolute atomic E-state index is 0.0549. The molecule has 1 aliphatic rings. The zero-order chi connectivity index (χ0) is 21.2. The highest BCUT2D eigenvalue weighted by atomic mass is 32.2. The number of sulfone groups is 1. The number of anilines is 2. The highest BCUT2D eigenvalue weighted by Crippen LogP contribution is 2.30. The maximum Gasteiger partial charge on any atom is 0.228 e. The summed E-state index contributed by atoms with van der Waals surface area (Å²) in [6.45, 7) is 6.36. The summed E-state index contributed by atoms with van der Waals surface area (Å²) >= 11 is 0. The fourth-order valence-electron chi connectivity index (χ4n) is 3.67. The number of benzene rings is 2. The number of fused-ring (bicyclic) bond motifs is 1. The molecule has 0 radical (unpaired) electrons. The predicted molar refractivity (Wildman–Crippen MR) is 114 cm³/mol. The second-order valence-electron chi connectivity index (χ2n) is 7.26. The van der Waals surface area contributed by atoms with E-state index in [1.54, 1.807) is 21.9 Å². The molecule has 154 valence electrons. The standard InChI is InChI=1S/C22H26N2O4S/c1-4-23(19-7-5-6-16(2)14-19)22(26)11-13-29(27,28)20-8-9-21-18(15-20)10-12-24(21)17(3)25/h5-9,14-15H,4,10-13H2,1-3H3. The molecule has 0 bridgehead atoms. The van der Waals surface area contributed by atoms with E-state index in [1.807, 2.05) is 38.1 Å². The van der Waals surface area contributed by atoms with Crippen LogP contribution in [0.15, 0.2) is 47.4 Å². The minimum Gasteiger partial charge on any atom is -0.313 e. The van der Waals surface area contributed by atoms with Gasteiger partial charge in [-0.3, -0.25) is 9.59 Å². The third-order valence-electron chi connectivity index (χ3n) is 5.20. The zero-order valence-electron chi connectivity index (χ0n) is 17.0. The summed E-state index contributed by atoms with van der Waals surface area (Å²) in [6.07, 6.45) is 0.551. The lowest BCUT2D eigenvalue weighted by molar-refractivity contribution is -0.118. The summed E-state index contributed by atoms with van der Waals surface area (Å²) in [6, 6.07) is 12.4. The summed E-state index contributed by atoms with van der Waals surface area (Å²) in [5, 5.41) is 0. The van der Waals surface area contributed by atoms with Crippen molar-refractivity contribution in [1.82, 2.24) is 0 Å². The third kappa shape index (κ3) is 4.50. The molecule has 1 aliphatic heterocycles. The largest absolute Gasteiger partial charge is 0.313 e. The zero-order valence-corrected chi connectivity index (χ0v) is 17.8. The molecule has 0 unspecified atom stereocenters. The third-order valence-corrected chi connectivity index (χ3v) is 6.91. The van der Waals surface area contributed by atoms with Crippen LogP contribution in [-0.2, 0) is 25.8 Å². The van der Waals surface area contributed by atoms with Crippen molar-refractivity contribution in [3.05, 3.63) is 53.6 Å². The molecule has 0 atom stereocenters. The summed E-state index contributed by atoms with van der Waals surface area (Å²) < 4.78 is 25.6. The average Bonchev–Trinajstić information content (AvgIpc) is 3.11. The lowest BCUT2D eigenvalue weighted by Crippen LogP contribution is -2.32. The first-order valence-electron chi connectivity index (χ1n) is 9.73. The molecule has 2 aromatic carbocycles. The normalized spacial score (nSPS) is 13.3. The Morgan fingerprint density at radius 1 is 1.14 bits per heavy atom. The Kier molecular flexibility index (Phi) is 6.07. The van der Waals surface area contributed by atoms with Gasteiger partial charge in [0, 0.05) is 37.8 Å². The molecule has 0 saturated carbocycles. The van der Waals surface area contributed by atoms with Crippen LogP contribution in [0.25, 0.3) is 0 Å². The molecule has 6 nitrogen and oxygen atoms in total. The van der Waals surface area contributed by atoms with E-state index in [0.29, 0.717) is 19.5 Å². The fraction of sp³-hybridized carbons (Fsp3) is 0.364. The van der Waals surface area contributed by atoms with Crippen molar-refractivity contribution < 1.29 is 18.0 Å². The summed E-state index contributed by atoms with van der Waals surface area (Å²) in [5.41, 5.74) is 3.43. The van der Waals surface area contributed by atoms with Crippen LogP contribution in [0.3, 0.4) is 0 Å². The van der Waals surface area contributed by atoms with Gasteiger partial charge >= 0.3 is 0 Å². The number of hydrogen-bond donors (Lipinski definition) is 0. The Morgan fingerprint density at radius 2 is 1.90 bits per heavy atom. The van der Waals surface area contributed by atoms with Crippen molar-refractivity contribution in [2.24, 2.45) is 0 Å². The lowest BCUT2D eigenvalue weighted by atomic mass is 10.2. The molecule has 1 heterocycles. The molecule has 0 aliphatic carbocycles. The van der Waals surface area contributed by atoms with Crippen molar-refractivity contribution in [3.8, 4) is 0 Å². The summed E-state index contributed by atoms with van der Waals surface area (Å²) in [4.78, 5) is 27.8. The van der Waals surface area contributed by atoms with Crippen molar-refractivity contribution in [3.63, 3.8) is 0 Å². The average molecular weight is 415 g/mol. The fourth-order valence-corrected chi connectivity index (χ4v) is 4.95. The molecule has 7 heteroatoms. The van der Waals surface area contributed by atoms with Crippen molar-refractivity contribution in [1.29, 1.82) is 0 Å². The molecular weight excluding hydrogens is 388 g/mol. The number of carbonyl (C=O) groups is 2. The van der Waals surface area contributed by atoms with Crippen molar-refractivity contribution in [2.75, 3.05) is 28.6 Å². The van der Waals surface area contributed by atoms with Crippen molar-refractivity contribution >= 4 is 33.0 Å². The van der Waals surface area contributed by atoms with E-state index in [2.05, 4.69) is 0 Å². The Hall–Kier alpha value is -2.67. The topological polar surface area (TPSA) is 74.8 Å². The maximum absolute atomic E-state index is 12.8. The van der Waals surface area contributed by atoms with Gasteiger partial charge in [0.1, 0.15) is 0 Å². The lowest BCUT2D eigenvalue weighted by Gasteiger charge is -2.21. The van der Waals surface area contributed by atoms with Crippen LogP contribution in [0.2, 0.25) is 0 Å². The van der Waals surface area contributed by atoms with Gasteiger partial charge in [0.05, 0.1) is 10.6 Å². The molecular formula is C22H26N2O4S. The smallest absolute Gasteiger partial charge is 0.228 e. The van der Waals surface area contributed by atoms with Gasteiger partial charge in [0.2, 0.25) is 11.8 Å². The van der Waals surface area contributed by atoms with E-state index in [0.717, 1.165) is 22.5 Å². The number of amides is 2. The molecule has 29 heavy (non-hydrogen) atoms. The van der Waals surface area contributed by atoms with E-state index >= 15 is 0 Å².